The van der Waals surface area contributed by atoms with Crippen LogP contribution in [0.5, 0.6) is 5.75 Å². The number of hydrogen-bond acceptors (Lipinski definition) is 6. The number of aliphatic hydroxyl groups is 1. The summed E-state index contributed by atoms with van der Waals surface area (Å²) in [5, 5.41) is 12.8. The molecule has 1 saturated heterocycles. The Morgan fingerprint density at radius 1 is 1.23 bits per heavy atom. The monoisotopic (exact) mass is 413 g/mol. The molecule has 3 rings (SSSR count). The molecule has 7 nitrogen and oxygen atoms in total. The number of ether oxygens (including phenoxy) is 2. The van der Waals surface area contributed by atoms with Crippen molar-refractivity contribution in [3.8, 4) is 5.75 Å². The second-order valence-electron chi connectivity index (χ2n) is 7.82. The van der Waals surface area contributed by atoms with Gasteiger partial charge in [0, 0.05) is 31.9 Å². The Kier molecular flexibility index (Phi) is 8.21. The molecule has 1 aliphatic rings. The van der Waals surface area contributed by atoms with Crippen molar-refractivity contribution in [3.63, 3.8) is 0 Å². The van der Waals surface area contributed by atoms with Crippen molar-refractivity contribution < 1.29 is 19.4 Å². The highest BCUT2D eigenvalue weighted by atomic mass is 16.5. The number of anilines is 1. The summed E-state index contributed by atoms with van der Waals surface area (Å²) in [5.74, 6) is 0.497. The Morgan fingerprint density at radius 3 is 2.67 bits per heavy atom. The van der Waals surface area contributed by atoms with E-state index < -0.39 is 12.2 Å². The van der Waals surface area contributed by atoms with E-state index in [4.69, 9.17) is 9.47 Å². The van der Waals surface area contributed by atoms with E-state index in [1.165, 1.54) is 5.56 Å². The maximum absolute atomic E-state index is 12.6. The number of carbonyl (C=O) groups excluding carboxylic acids is 1. The van der Waals surface area contributed by atoms with Crippen LogP contribution in [0.1, 0.15) is 5.56 Å². The molecule has 2 aromatic carbocycles. The minimum Gasteiger partial charge on any atom is -0.491 e. The summed E-state index contributed by atoms with van der Waals surface area (Å²) >= 11 is 0. The first-order valence-corrected chi connectivity index (χ1v) is 10.2. The number of benzene rings is 2. The zero-order valence-electron chi connectivity index (χ0n) is 17.7. The molecule has 1 aliphatic heterocycles. The first-order valence-electron chi connectivity index (χ1n) is 10.2. The average molecular weight is 414 g/mol. The zero-order chi connectivity index (χ0) is 21.3. The summed E-state index contributed by atoms with van der Waals surface area (Å²) < 4.78 is 11.3. The highest BCUT2D eigenvalue weighted by Crippen LogP contribution is 2.17. The second-order valence-corrected chi connectivity index (χ2v) is 7.82. The summed E-state index contributed by atoms with van der Waals surface area (Å²) in [7, 11) is 3.80. The summed E-state index contributed by atoms with van der Waals surface area (Å²) in [6, 6.07) is 17.4. The Labute approximate surface area is 178 Å². The molecule has 1 fully saturated rings. The van der Waals surface area contributed by atoms with Gasteiger partial charge in [-0.15, -0.1) is 0 Å². The Bertz CT molecular complexity index is 783. The summed E-state index contributed by atoms with van der Waals surface area (Å²) in [5.41, 5.74) is 1.91. The largest absolute Gasteiger partial charge is 0.491 e. The minimum atomic E-state index is -0.554. The molecule has 0 radical (unpaired) electrons. The van der Waals surface area contributed by atoms with Crippen LogP contribution in [0.15, 0.2) is 54.6 Å². The third-order valence-electron chi connectivity index (χ3n) is 4.83. The van der Waals surface area contributed by atoms with E-state index in [9.17, 15) is 9.90 Å². The minimum absolute atomic E-state index is 0.150. The lowest BCUT2D eigenvalue weighted by atomic mass is 10.2. The summed E-state index contributed by atoms with van der Waals surface area (Å²) in [6.45, 7) is 3.47. The Morgan fingerprint density at radius 2 is 1.97 bits per heavy atom. The van der Waals surface area contributed by atoms with E-state index in [0.717, 1.165) is 13.1 Å². The van der Waals surface area contributed by atoms with Crippen LogP contribution in [-0.2, 0) is 16.1 Å². The van der Waals surface area contributed by atoms with Crippen molar-refractivity contribution in [2.75, 3.05) is 52.3 Å². The van der Waals surface area contributed by atoms with E-state index in [0.29, 0.717) is 31.1 Å². The van der Waals surface area contributed by atoms with Crippen molar-refractivity contribution in [1.82, 2.24) is 9.80 Å². The molecule has 0 aliphatic carbocycles. The molecule has 2 N–H and O–H groups in total. The number of carbonyl (C=O) groups is 1. The average Bonchev–Trinajstić information content (AvgIpc) is 2.74. The van der Waals surface area contributed by atoms with Crippen LogP contribution in [0.25, 0.3) is 0 Å². The van der Waals surface area contributed by atoms with Gasteiger partial charge in [-0.2, -0.15) is 0 Å². The molecule has 1 amide bonds. The summed E-state index contributed by atoms with van der Waals surface area (Å²) in [4.78, 5) is 16.8. The van der Waals surface area contributed by atoms with Gasteiger partial charge >= 0.3 is 0 Å². The summed E-state index contributed by atoms with van der Waals surface area (Å²) in [6.07, 6.45) is -1.05. The van der Waals surface area contributed by atoms with Crippen LogP contribution < -0.4 is 10.1 Å². The van der Waals surface area contributed by atoms with Gasteiger partial charge in [-0.1, -0.05) is 30.3 Å². The fourth-order valence-corrected chi connectivity index (χ4v) is 3.37. The number of likely N-dealkylation sites (N-methyl/N-ethyl adjacent to an activating group) is 1. The number of amides is 1. The van der Waals surface area contributed by atoms with Crippen LogP contribution in [0.2, 0.25) is 0 Å². The Hall–Kier alpha value is -2.45. The van der Waals surface area contributed by atoms with E-state index in [-0.39, 0.29) is 12.5 Å². The number of rotatable bonds is 9. The first kappa shape index (κ1) is 22.2. The fraction of sp³-hybridized carbons (Fsp3) is 0.435. The maximum atomic E-state index is 12.6. The number of aliphatic hydroxyl groups excluding tert-OH is 1. The van der Waals surface area contributed by atoms with Gasteiger partial charge in [0.25, 0.3) is 5.91 Å². The predicted molar refractivity (Wildman–Crippen MR) is 117 cm³/mol. The lowest BCUT2D eigenvalue weighted by Crippen LogP contribution is -2.47. The smallest absolute Gasteiger partial charge is 0.254 e. The van der Waals surface area contributed by atoms with Crippen molar-refractivity contribution in [2.24, 2.45) is 0 Å². The molecule has 2 atom stereocenters. The maximum Gasteiger partial charge on any atom is 0.254 e. The van der Waals surface area contributed by atoms with E-state index in [2.05, 4.69) is 22.3 Å². The standard InChI is InChI=1S/C23H31N3O4/c1-25(2)15-20(27)17-30-21-10-8-19(9-11-21)24-23(28)22-16-26(12-13-29-22)14-18-6-4-3-5-7-18/h3-11,20,22,27H,12-17H2,1-2H3,(H,24,28)/t20-,22+/m1/s1. The molecule has 0 saturated carbocycles. The number of hydrogen-bond donors (Lipinski definition) is 2. The van der Waals surface area contributed by atoms with Gasteiger partial charge in [-0.25, -0.2) is 0 Å². The molecule has 30 heavy (non-hydrogen) atoms. The number of nitrogens with one attached hydrogen (secondary N) is 1. The molecular formula is C23H31N3O4. The van der Waals surface area contributed by atoms with Crippen molar-refractivity contribution in [2.45, 2.75) is 18.8 Å². The predicted octanol–water partition coefficient (Wildman–Crippen LogP) is 1.83. The normalized spacial score (nSPS) is 18.2. The van der Waals surface area contributed by atoms with E-state index >= 15 is 0 Å². The topological polar surface area (TPSA) is 74.3 Å². The van der Waals surface area contributed by atoms with Gasteiger partial charge in [-0.05, 0) is 43.9 Å². The van der Waals surface area contributed by atoms with Crippen LogP contribution in [0, 0.1) is 0 Å². The number of nitrogens with zero attached hydrogens (tertiary/aromatic N) is 2. The molecule has 1 heterocycles. The highest BCUT2D eigenvalue weighted by Gasteiger charge is 2.26. The molecule has 0 bridgehead atoms. The van der Waals surface area contributed by atoms with Crippen molar-refractivity contribution in [3.05, 3.63) is 60.2 Å². The first-order chi connectivity index (χ1) is 14.5. The SMILES string of the molecule is CN(C)C[C@@H](O)COc1ccc(NC(=O)[C@@H]2CN(Cc3ccccc3)CCO2)cc1. The van der Waals surface area contributed by atoms with Gasteiger partial charge < -0.3 is 24.8 Å². The quantitative estimate of drug-likeness (QED) is 0.653. The molecule has 0 unspecified atom stereocenters. The zero-order valence-corrected chi connectivity index (χ0v) is 17.7. The van der Waals surface area contributed by atoms with Crippen LogP contribution >= 0.6 is 0 Å². The number of morpholine rings is 1. The molecule has 162 valence electrons. The third kappa shape index (κ3) is 7.11. The van der Waals surface area contributed by atoms with E-state index in [1.54, 1.807) is 24.3 Å². The van der Waals surface area contributed by atoms with Gasteiger partial charge in [-0.3, -0.25) is 9.69 Å². The van der Waals surface area contributed by atoms with Crippen LogP contribution in [0.4, 0.5) is 5.69 Å². The molecule has 2 aromatic rings. The van der Waals surface area contributed by atoms with Crippen LogP contribution in [0.3, 0.4) is 0 Å². The molecule has 0 aromatic heterocycles. The van der Waals surface area contributed by atoms with Crippen molar-refractivity contribution >= 4 is 11.6 Å². The van der Waals surface area contributed by atoms with Crippen LogP contribution in [-0.4, -0.2) is 80.0 Å². The lowest BCUT2D eigenvalue weighted by Gasteiger charge is -2.32. The fourth-order valence-electron chi connectivity index (χ4n) is 3.37. The van der Waals surface area contributed by atoms with Gasteiger partial charge in [0.1, 0.15) is 24.6 Å². The van der Waals surface area contributed by atoms with Gasteiger partial charge in [0.15, 0.2) is 0 Å². The molecule has 0 spiro atoms. The molecule has 7 heteroatoms. The van der Waals surface area contributed by atoms with Gasteiger partial charge in [0.05, 0.1) is 6.61 Å². The highest BCUT2D eigenvalue weighted by molar-refractivity contribution is 5.94. The molecular weight excluding hydrogens is 382 g/mol. The lowest BCUT2D eigenvalue weighted by molar-refractivity contribution is -0.133. The van der Waals surface area contributed by atoms with Gasteiger partial charge in [0.2, 0.25) is 0 Å². The second kappa shape index (κ2) is 11.1. The third-order valence-corrected chi connectivity index (χ3v) is 4.83. The van der Waals surface area contributed by atoms with E-state index in [1.807, 2.05) is 37.2 Å². The van der Waals surface area contributed by atoms with Crippen molar-refractivity contribution in [1.29, 1.82) is 0 Å². The Balaban J connectivity index is 1.46.